The molecule has 0 atom stereocenters. The van der Waals surface area contributed by atoms with Crippen molar-refractivity contribution in [1.82, 2.24) is 0 Å². The standard InChI is InChI=1S/C9H12O.C2H6/c1-3-8-5-4-6-9(10)7(8)2;1-2/h4-6,10H,3H2,1-2H3;1-2H3. The van der Waals surface area contributed by atoms with E-state index in [4.69, 9.17) is 0 Å². The van der Waals surface area contributed by atoms with Crippen LogP contribution in [0.5, 0.6) is 5.75 Å². The number of hydrogen-bond donors (Lipinski definition) is 1. The number of aromatic hydroxyl groups is 1. The largest absolute Gasteiger partial charge is 0.508 e. The molecule has 0 aliphatic rings. The molecule has 0 aromatic heterocycles. The molecule has 1 aromatic carbocycles. The van der Waals surface area contributed by atoms with Crippen molar-refractivity contribution in [3.63, 3.8) is 0 Å². The first kappa shape index (κ1) is 11.0. The van der Waals surface area contributed by atoms with Crippen LogP contribution in [0.4, 0.5) is 0 Å². The molecule has 0 bridgehead atoms. The van der Waals surface area contributed by atoms with E-state index < -0.39 is 0 Å². The third kappa shape index (κ3) is 2.57. The summed E-state index contributed by atoms with van der Waals surface area (Å²) in [7, 11) is 0. The van der Waals surface area contributed by atoms with Crippen molar-refractivity contribution in [2.45, 2.75) is 34.1 Å². The molecule has 1 rings (SSSR count). The van der Waals surface area contributed by atoms with Gasteiger partial charge in [-0.2, -0.15) is 0 Å². The van der Waals surface area contributed by atoms with Crippen LogP contribution in [0.3, 0.4) is 0 Å². The van der Waals surface area contributed by atoms with Gasteiger partial charge in [0.1, 0.15) is 5.75 Å². The summed E-state index contributed by atoms with van der Waals surface area (Å²) in [5.74, 6) is 0.402. The molecule has 1 nitrogen and oxygen atoms in total. The fourth-order valence-corrected chi connectivity index (χ4v) is 1.05. The fraction of sp³-hybridized carbons (Fsp3) is 0.455. The zero-order valence-corrected chi connectivity index (χ0v) is 8.39. The van der Waals surface area contributed by atoms with Gasteiger partial charge in [-0.15, -0.1) is 0 Å². The van der Waals surface area contributed by atoms with E-state index in [1.165, 1.54) is 5.56 Å². The van der Waals surface area contributed by atoms with E-state index in [1.54, 1.807) is 6.07 Å². The van der Waals surface area contributed by atoms with E-state index in [0.717, 1.165) is 12.0 Å². The summed E-state index contributed by atoms with van der Waals surface area (Å²) >= 11 is 0. The molecule has 0 unspecified atom stereocenters. The second kappa shape index (κ2) is 5.64. The summed E-state index contributed by atoms with van der Waals surface area (Å²) in [5.41, 5.74) is 2.23. The summed E-state index contributed by atoms with van der Waals surface area (Å²) in [4.78, 5) is 0. The molecule has 0 aliphatic heterocycles. The molecule has 0 aliphatic carbocycles. The average molecular weight is 166 g/mol. The Morgan fingerprint density at radius 3 is 2.25 bits per heavy atom. The minimum absolute atomic E-state index is 0.402. The zero-order chi connectivity index (χ0) is 9.56. The fourth-order valence-electron chi connectivity index (χ4n) is 1.05. The third-order valence-electron chi connectivity index (χ3n) is 1.80. The van der Waals surface area contributed by atoms with E-state index in [-0.39, 0.29) is 0 Å². The first-order valence-corrected chi connectivity index (χ1v) is 4.53. The summed E-state index contributed by atoms with van der Waals surface area (Å²) in [5, 5.41) is 9.23. The van der Waals surface area contributed by atoms with Crippen LogP contribution in [0.1, 0.15) is 31.9 Å². The minimum atomic E-state index is 0.402. The van der Waals surface area contributed by atoms with Crippen LogP contribution in [0.2, 0.25) is 0 Å². The number of aryl methyl sites for hydroxylation is 1. The van der Waals surface area contributed by atoms with Gasteiger partial charge in [-0.3, -0.25) is 0 Å². The molecule has 0 fully saturated rings. The van der Waals surface area contributed by atoms with Gasteiger partial charge in [-0.05, 0) is 30.5 Å². The third-order valence-corrected chi connectivity index (χ3v) is 1.80. The van der Waals surface area contributed by atoms with Crippen molar-refractivity contribution in [2.24, 2.45) is 0 Å². The molecule has 0 saturated heterocycles. The number of phenolic OH excluding ortho intramolecular Hbond substituents is 1. The van der Waals surface area contributed by atoms with Crippen LogP contribution >= 0.6 is 0 Å². The highest BCUT2D eigenvalue weighted by atomic mass is 16.3. The molecule has 1 N–H and O–H groups in total. The molecule has 0 amide bonds. The van der Waals surface area contributed by atoms with E-state index >= 15 is 0 Å². The Bertz CT molecular complexity index is 228. The maximum absolute atomic E-state index is 9.23. The quantitative estimate of drug-likeness (QED) is 0.678. The lowest BCUT2D eigenvalue weighted by Gasteiger charge is -2.02. The van der Waals surface area contributed by atoms with Crippen LogP contribution in [-0.4, -0.2) is 5.11 Å². The van der Waals surface area contributed by atoms with E-state index in [1.807, 2.05) is 32.9 Å². The molecule has 1 heteroatoms. The smallest absolute Gasteiger partial charge is 0.118 e. The predicted molar refractivity (Wildman–Crippen MR) is 53.6 cm³/mol. The summed E-state index contributed by atoms with van der Waals surface area (Å²) < 4.78 is 0. The Labute approximate surface area is 75.1 Å². The Kier molecular flexibility index (Phi) is 5.18. The van der Waals surface area contributed by atoms with Gasteiger partial charge in [0.15, 0.2) is 0 Å². The maximum atomic E-state index is 9.23. The Morgan fingerprint density at radius 2 is 1.83 bits per heavy atom. The molecule has 1 aromatic rings. The summed E-state index contributed by atoms with van der Waals surface area (Å²) in [6.07, 6.45) is 0.986. The maximum Gasteiger partial charge on any atom is 0.118 e. The Morgan fingerprint density at radius 1 is 1.25 bits per heavy atom. The molecule has 0 radical (unpaired) electrons. The van der Waals surface area contributed by atoms with Gasteiger partial charge >= 0.3 is 0 Å². The second-order valence-electron chi connectivity index (χ2n) is 2.41. The van der Waals surface area contributed by atoms with Crippen molar-refractivity contribution in [3.05, 3.63) is 29.3 Å². The number of phenols is 1. The van der Waals surface area contributed by atoms with Gasteiger partial charge in [0.05, 0.1) is 0 Å². The lowest BCUT2D eigenvalue weighted by atomic mass is 10.1. The minimum Gasteiger partial charge on any atom is -0.508 e. The molecule has 0 saturated carbocycles. The number of rotatable bonds is 1. The lowest BCUT2D eigenvalue weighted by molar-refractivity contribution is 0.470. The van der Waals surface area contributed by atoms with Crippen molar-refractivity contribution in [1.29, 1.82) is 0 Å². The van der Waals surface area contributed by atoms with Gasteiger partial charge in [0, 0.05) is 0 Å². The van der Waals surface area contributed by atoms with Crippen LogP contribution in [-0.2, 0) is 6.42 Å². The molecule has 0 heterocycles. The first-order valence-electron chi connectivity index (χ1n) is 4.53. The van der Waals surface area contributed by atoms with Crippen molar-refractivity contribution >= 4 is 0 Å². The van der Waals surface area contributed by atoms with Gasteiger partial charge in [0.2, 0.25) is 0 Å². The molecular weight excluding hydrogens is 148 g/mol. The monoisotopic (exact) mass is 166 g/mol. The van der Waals surface area contributed by atoms with E-state index in [9.17, 15) is 5.11 Å². The summed E-state index contributed by atoms with van der Waals surface area (Å²) in [6.45, 7) is 8.02. The van der Waals surface area contributed by atoms with Gasteiger partial charge in [0.25, 0.3) is 0 Å². The van der Waals surface area contributed by atoms with Crippen LogP contribution < -0.4 is 0 Å². The topological polar surface area (TPSA) is 20.2 Å². The SMILES string of the molecule is CC.CCc1cccc(O)c1C. The number of benzene rings is 1. The van der Waals surface area contributed by atoms with Crippen molar-refractivity contribution in [3.8, 4) is 5.75 Å². The van der Waals surface area contributed by atoms with Crippen LogP contribution in [0.15, 0.2) is 18.2 Å². The highest BCUT2D eigenvalue weighted by molar-refractivity contribution is 5.37. The Balaban J connectivity index is 0.000000561. The lowest BCUT2D eigenvalue weighted by Crippen LogP contribution is -1.84. The predicted octanol–water partition coefficient (Wildman–Crippen LogP) is 3.29. The Hall–Kier alpha value is -0.980. The zero-order valence-electron chi connectivity index (χ0n) is 8.39. The van der Waals surface area contributed by atoms with Gasteiger partial charge in [-0.25, -0.2) is 0 Å². The second-order valence-corrected chi connectivity index (χ2v) is 2.41. The molecule has 0 spiro atoms. The van der Waals surface area contributed by atoms with Gasteiger partial charge in [-0.1, -0.05) is 32.9 Å². The first-order chi connectivity index (χ1) is 5.75. The highest BCUT2D eigenvalue weighted by Gasteiger charge is 1.98. The summed E-state index contributed by atoms with van der Waals surface area (Å²) in [6, 6.07) is 5.63. The number of hydrogen-bond acceptors (Lipinski definition) is 1. The van der Waals surface area contributed by atoms with E-state index in [2.05, 4.69) is 6.92 Å². The normalized spacial score (nSPS) is 8.67. The van der Waals surface area contributed by atoms with Crippen LogP contribution in [0, 0.1) is 6.92 Å². The van der Waals surface area contributed by atoms with Gasteiger partial charge < -0.3 is 5.11 Å². The van der Waals surface area contributed by atoms with Crippen molar-refractivity contribution < 1.29 is 5.11 Å². The molecular formula is C11H18O. The average Bonchev–Trinajstić information content (AvgIpc) is 2.13. The molecule has 68 valence electrons. The highest BCUT2D eigenvalue weighted by Crippen LogP contribution is 2.19. The molecule has 12 heavy (non-hydrogen) atoms. The van der Waals surface area contributed by atoms with E-state index in [0.29, 0.717) is 5.75 Å². The van der Waals surface area contributed by atoms with Crippen molar-refractivity contribution in [2.75, 3.05) is 0 Å². The van der Waals surface area contributed by atoms with Crippen LogP contribution in [0.25, 0.3) is 0 Å².